The number of phenols is 2. The summed E-state index contributed by atoms with van der Waals surface area (Å²) in [5, 5.41) is 26.3. The lowest BCUT2D eigenvalue weighted by molar-refractivity contribution is -0.0366. The molecule has 0 bridgehead atoms. The number of phenolic OH excluding ortho intramolecular Hbond substituents is 2. The van der Waals surface area contributed by atoms with Crippen LogP contribution >= 0.6 is 12.4 Å². The molecule has 1 amide bonds. The Hall–Kier alpha value is -5.00. The number of carbonyl (C=O) groups is 1. The summed E-state index contributed by atoms with van der Waals surface area (Å²) < 4.78 is 67.5. The highest BCUT2D eigenvalue weighted by atomic mass is 35.5. The number of likely N-dealkylation sites (tertiary alicyclic amines) is 1. The second-order valence-electron chi connectivity index (χ2n) is 17.0. The van der Waals surface area contributed by atoms with Gasteiger partial charge in [-0.2, -0.15) is 5.10 Å². The topological polar surface area (TPSA) is 190 Å². The minimum absolute atomic E-state index is 0. The Labute approximate surface area is 375 Å². The summed E-state index contributed by atoms with van der Waals surface area (Å²) in [6.45, 7) is 8.12. The Morgan fingerprint density at radius 3 is 2.06 bits per heavy atom. The Morgan fingerprint density at radius 1 is 0.825 bits per heavy atom. The van der Waals surface area contributed by atoms with Crippen molar-refractivity contribution in [2.75, 3.05) is 32.8 Å². The van der Waals surface area contributed by atoms with Crippen molar-refractivity contribution in [3.05, 3.63) is 90.1 Å². The number of hydrogen-bond acceptors (Lipinski definition) is 12. The molecule has 3 N–H and O–H groups in total. The maximum Gasteiger partial charge on any atom is 0.410 e. The lowest BCUT2D eigenvalue weighted by atomic mass is 10.0. The van der Waals surface area contributed by atoms with Crippen LogP contribution in [0.5, 0.6) is 11.5 Å². The molecule has 9 rings (SSSR count). The normalized spacial score (nSPS) is 19.7. The fourth-order valence-electron chi connectivity index (χ4n) is 8.29. The molecule has 0 spiro atoms. The molecule has 4 aliphatic heterocycles. The second kappa shape index (κ2) is 19.0. The summed E-state index contributed by atoms with van der Waals surface area (Å²) in [6, 6.07) is 20.8. The van der Waals surface area contributed by atoms with E-state index in [1.807, 2.05) is 12.1 Å². The van der Waals surface area contributed by atoms with Crippen LogP contribution in [0.3, 0.4) is 0 Å². The molecule has 3 fully saturated rings. The van der Waals surface area contributed by atoms with Crippen LogP contribution in [0.1, 0.15) is 77.7 Å². The number of nitrogens with one attached hydrogen (secondary N) is 1. The van der Waals surface area contributed by atoms with E-state index in [0.29, 0.717) is 60.4 Å². The van der Waals surface area contributed by atoms with Gasteiger partial charge in [-0.05, 0) is 136 Å². The average molecular weight is 923 g/mol. The zero-order chi connectivity index (χ0) is 43.1. The van der Waals surface area contributed by atoms with E-state index in [1.54, 1.807) is 98.5 Å². The van der Waals surface area contributed by atoms with Crippen LogP contribution in [0, 0.1) is 0 Å². The van der Waals surface area contributed by atoms with Crippen LogP contribution < -0.4 is 5.32 Å². The number of aromatic nitrogens is 2. The molecule has 5 heterocycles. The van der Waals surface area contributed by atoms with Crippen molar-refractivity contribution in [3.63, 3.8) is 0 Å². The first-order valence-electron chi connectivity index (χ1n) is 20.6. The number of nitrogens with zero attached hydrogens (tertiary/aromatic N) is 4. The zero-order valence-corrected chi connectivity index (χ0v) is 37.3. The summed E-state index contributed by atoms with van der Waals surface area (Å²) in [7, 11) is -7.23. The van der Waals surface area contributed by atoms with E-state index < -0.39 is 36.6 Å². The molecule has 338 valence electrons. The summed E-state index contributed by atoms with van der Waals surface area (Å²) in [4.78, 5) is 18.9. The van der Waals surface area contributed by atoms with Crippen molar-refractivity contribution in [2.24, 2.45) is 4.99 Å². The third-order valence-electron chi connectivity index (χ3n) is 11.5. The molecular formula is C46H56ClN5O9S2. The molecule has 1 unspecified atom stereocenters. The number of carbonyl (C=O) groups excluding carboxylic acids is 1. The van der Waals surface area contributed by atoms with E-state index in [4.69, 9.17) is 9.47 Å². The van der Waals surface area contributed by atoms with Gasteiger partial charge in [0.2, 0.25) is 0 Å². The first-order chi connectivity index (χ1) is 29.1. The van der Waals surface area contributed by atoms with Gasteiger partial charge in [-0.15, -0.1) is 12.4 Å². The monoisotopic (exact) mass is 921 g/mol. The molecule has 3 atom stereocenters. The first-order valence-corrected chi connectivity index (χ1v) is 23.7. The Kier molecular flexibility index (Phi) is 14.3. The lowest BCUT2D eigenvalue weighted by Crippen LogP contribution is -2.36. The molecule has 17 heteroatoms. The first kappa shape index (κ1) is 47.5. The van der Waals surface area contributed by atoms with Crippen molar-refractivity contribution in [1.82, 2.24) is 20.0 Å². The standard InChI is InChI=1S/C27H33N3O6S.C18H18N2O3S.CH4.ClH/c1-27(2,3)36-26(32)29-12-11-21(17-29)37(33,34)24-15-19(18-7-9-20(31)10-8-18)14-23-22(24)16-28-30(23)25-6-4-5-13-35-25;21-15-3-1-12(2-4-15)13-7-14-9-20-11-17(14)18(8-13)24(22,23)16-5-6-19-10-16;;/h7-10,14-16,21,25,31H,4-6,11-13,17H2,1-3H3;1-4,7-8,11,16,19,21H,5-6,9-10H2;1H4;1H/t21-,25?;16-;;/m00../s1. The number of aromatic hydroxyl groups is 2. The molecule has 5 aromatic rings. The zero-order valence-electron chi connectivity index (χ0n) is 34.9. The Bertz CT molecular complexity index is 2690. The molecule has 3 saturated heterocycles. The summed E-state index contributed by atoms with van der Waals surface area (Å²) in [5.41, 5.74) is 4.87. The van der Waals surface area contributed by atoms with Crippen molar-refractivity contribution in [2.45, 2.75) is 99.0 Å². The third kappa shape index (κ3) is 10.0. The van der Waals surface area contributed by atoms with Gasteiger partial charge in [-0.3, -0.25) is 4.99 Å². The largest absolute Gasteiger partial charge is 0.508 e. The van der Waals surface area contributed by atoms with Gasteiger partial charge in [0, 0.05) is 43.4 Å². The van der Waals surface area contributed by atoms with Crippen molar-refractivity contribution >= 4 is 55.3 Å². The van der Waals surface area contributed by atoms with Gasteiger partial charge in [-0.1, -0.05) is 31.7 Å². The molecule has 0 radical (unpaired) electrons. The van der Waals surface area contributed by atoms with Crippen molar-refractivity contribution in [1.29, 1.82) is 0 Å². The van der Waals surface area contributed by atoms with Crippen molar-refractivity contribution < 1.29 is 41.3 Å². The van der Waals surface area contributed by atoms with E-state index in [1.165, 1.54) is 4.90 Å². The molecular weight excluding hydrogens is 866 g/mol. The number of benzene rings is 4. The summed E-state index contributed by atoms with van der Waals surface area (Å²) >= 11 is 0. The maximum atomic E-state index is 14.0. The smallest absolute Gasteiger partial charge is 0.410 e. The van der Waals surface area contributed by atoms with Gasteiger partial charge in [-0.25, -0.2) is 26.3 Å². The van der Waals surface area contributed by atoms with E-state index in [0.717, 1.165) is 53.6 Å². The van der Waals surface area contributed by atoms with Crippen LogP contribution in [0.25, 0.3) is 33.2 Å². The summed E-state index contributed by atoms with van der Waals surface area (Å²) in [5.74, 6) is 0.319. The number of fused-ring (bicyclic) bond motifs is 2. The number of hydrogen-bond donors (Lipinski definition) is 3. The lowest BCUT2D eigenvalue weighted by Gasteiger charge is -2.24. The molecule has 63 heavy (non-hydrogen) atoms. The van der Waals surface area contributed by atoms with Crippen LogP contribution in [0.2, 0.25) is 0 Å². The van der Waals surface area contributed by atoms with Gasteiger partial charge in [0.15, 0.2) is 25.9 Å². The fraction of sp³-hybridized carbons (Fsp3) is 0.413. The molecule has 4 aliphatic rings. The maximum absolute atomic E-state index is 14.0. The van der Waals surface area contributed by atoms with Gasteiger partial charge < -0.3 is 29.9 Å². The highest BCUT2D eigenvalue weighted by Crippen LogP contribution is 2.38. The Balaban J connectivity index is 0.000000220. The minimum Gasteiger partial charge on any atom is -0.508 e. The van der Waals surface area contributed by atoms with Crippen LogP contribution in [0.15, 0.2) is 93.8 Å². The number of amides is 1. The Morgan fingerprint density at radius 2 is 1.46 bits per heavy atom. The molecule has 4 aromatic carbocycles. The molecule has 1 aromatic heterocycles. The van der Waals surface area contributed by atoms with Gasteiger partial charge in [0.05, 0.1) is 38.5 Å². The average Bonchev–Trinajstić information content (AvgIpc) is 4.08. The number of aliphatic imine (C=N–C) groups is 1. The third-order valence-corrected chi connectivity index (χ3v) is 16.0. The molecule has 0 aliphatic carbocycles. The predicted octanol–water partition coefficient (Wildman–Crippen LogP) is 8.08. The highest BCUT2D eigenvalue weighted by molar-refractivity contribution is 7.92. The van der Waals surface area contributed by atoms with Gasteiger partial charge >= 0.3 is 6.09 Å². The van der Waals surface area contributed by atoms with Crippen LogP contribution in [0.4, 0.5) is 4.79 Å². The summed E-state index contributed by atoms with van der Waals surface area (Å²) in [6.07, 6.45) is 6.27. The number of rotatable bonds is 7. The quantitative estimate of drug-likeness (QED) is 0.143. The van der Waals surface area contributed by atoms with Crippen LogP contribution in [-0.4, -0.2) is 103 Å². The fourth-order valence-corrected chi connectivity index (χ4v) is 12.1. The second-order valence-corrected chi connectivity index (χ2v) is 21.4. The highest BCUT2D eigenvalue weighted by Gasteiger charge is 2.39. The molecule has 0 saturated carbocycles. The van der Waals surface area contributed by atoms with E-state index in [2.05, 4.69) is 15.4 Å². The number of sulfone groups is 2. The van der Waals surface area contributed by atoms with Crippen molar-refractivity contribution in [3.8, 4) is 33.8 Å². The predicted molar refractivity (Wildman–Crippen MR) is 246 cm³/mol. The van der Waals surface area contributed by atoms with E-state index >= 15 is 0 Å². The van der Waals surface area contributed by atoms with E-state index in [-0.39, 0.29) is 54.3 Å². The number of halogens is 1. The van der Waals surface area contributed by atoms with E-state index in [9.17, 15) is 31.8 Å². The SMILES string of the molecule is C.CC(C)(C)OC(=O)N1CC[C@H](S(=O)(=O)c2cc(-c3ccc(O)cc3)cc3c2cnn3C2CCCCO2)C1.Cl.O=S(=O)(c1cc(-c2ccc(O)cc2)cc2c1C=NC2)[C@H]1CCNC1. The minimum atomic E-state index is -3.82. The van der Waals surface area contributed by atoms with Crippen LogP contribution in [-0.2, 0) is 35.7 Å². The van der Waals surface area contributed by atoms with Gasteiger partial charge in [0.25, 0.3) is 0 Å². The van der Waals surface area contributed by atoms with Gasteiger partial charge in [0.1, 0.15) is 17.1 Å². The molecule has 14 nitrogen and oxygen atoms in total. The number of ether oxygens (including phenoxy) is 2.